The Bertz CT molecular complexity index is 87.7. The summed E-state index contributed by atoms with van der Waals surface area (Å²) >= 11 is 0. The van der Waals surface area contributed by atoms with Crippen LogP contribution < -0.4 is 5.32 Å². The quantitative estimate of drug-likeness (QED) is 0.580. The highest BCUT2D eigenvalue weighted by Crippen LogP contribution is 1.77. The van der Waals surface area contributed by atoms with E-state index < -0.39 is 0 Å². The third-order valence-corrected chi connectivity index (χ3v) is 1.19. The summed E-state index contributed by atoms with van der Waals surface area (Å²) in [5.74, 6) is -0.0377. The molecule has 0 aromatic heterocycles. The van der Waals surface area contributed by atoms with Gasteiger partial charge in [-0.15, -0.1) is 9.24 Å². The molecule has 0 aliphatic carbocycles. The van der Waals surface area contributed by atoms with Gasteiger partial charge in [0.1, 0.15) is 6.61 Å². The van der Waals surface area contributed by atoms with E-state index in [1.54, 1.807) is 0 Å². The molecule has 1 unspecified atom stereocenters. The van der Waals surface area contributed by atoms with Crippen LogP contribution in [0, 0.1) is 0 Å². The fourth-order valence-corrected chi connectivity index (χ4v) is 0.602. The van der Waals surface area contributed by atoms with Crippen LogP contribution in [0.5, 0.6) is 0 Å². The third kappa shape index (κ3) is 5.99. The molecule has 4 heteroatoms. The Kier molecular flexibility index (Phi) is 6.88. The van der Waals surface area contributed by atoms with Crippen molar-refractivity contribution in [3.05, 3.63) is 0 Å². The van der Waals surface area contributed by atoms with Crippen LogP contribution in [0.15, 0.2) is 0 Å². The van der Waals surface area contributed by atoms with Crippen molar-refractivity contribution in [3.63, 3.8) is 0 Å². The van der Waals surface area contributed by atoms with Gasteiger partial charge in [-0.05, 0) is 13.1 Å². The van der Waals surface area contributed by atoms with Crippen LogP contribution >= 0.6 is 9.24 Å². The van der Waals surface area contributed by atoms with Crippen molar-refractivity contribution in [2.24, 2.45) is 0 Å². The summed E-state index contributed by atoms with van der Waals surface area (Å²) in [5, 5.41) is 2.68. The van der Waals surface area contributed by atoms with E-state index in [-0.39, 0.29) is 12.5 Å². The van der Waals surface area contributed by atoms with Gasteiger partial charge in [0.05, 0.1) is 0 Å². The third-order valence-electron chi connectivity index (χ3n) is 0.904. The van der Waals surface area contributed by atoms with Gasteiger partial charge in [-0.1, -0.05) is 0 Å². The number of ether oxygens (including phenoxy) is 1. The number of hydrogen-bond donors (Lipinski definition) is 1. The fraction of sp³-hybridized carbons (Fsp3) is 0.833. The van der Waals surface area contributed by atoms with Gasteiger partial charge >= 0.3 is 0 Å². The number of rotatable bonds is 5. The molecule has 0 spiro atoms. The molecular formula is C6H14NO2P. The van der Waals surface area contributed by atoms with E-state index in [0.717, 1.165) is 6.16 Å². The maximum Gasteiger partial charge on any atom is 0.246 e. The van der Waals surface area contributed by atoms with Gasteiger partial charge in [0.15, 0.2) is 0 Å². The monoisotopic (exact) mass is 163 g/mol. The summed E-state index contributed by atoms with van der Waals surface area (Å²) < 4.78 is 4.87. The smallest absolute Gasteiger partial charge is 0.246 e. The van der Waals surface area contributed by atoms with Crippen molar-refractivity contribution in [1.29, 1.82) is 0 Å². The van der Waals surface area contributed by atoms with Gasteiger partial charge in [-0.2, -0.15) is 0 Å². The minimum atomic E-state index is -0.0377. The van der Waals surface area contributed by atoms with Crippen molar-refractivity contribution < 1.29 is 9.53 Å². The molecule has 1 N–H and O–H groups in total. The molecule has 1 amide bonds. The minimum absolute atomic E-state index is 0.0377. The maximum atomic E-state index is 10.7. The van der Waals surface area contributed by atoms with Gasteiger partial charge in [-0.25, -0.2) is 0 Å². The number of amides is 1. The Balaban J connectivity index is 3.09. The molecule has 0 radical (unpaired) electrons. The predicted octanol–water partition coefficient (Wildman–Crippen LogP) is 0.0142. The SMILES string of the molecule is CCOCC(=O)NCCP. The summed E-state index contributed by atoms with van der Waals surface area (Å²) in [7, 11) is 2.54. The first-order valence-corrected chi connectivity index (χ1v) is 4.17. The molecule has 0 saturated carbocycles. The van der Waals surface area contributed by atoms with E-state index in [9.17, 15) is 4.79 Å². The second-order valence-electron chi connectivity index (χ2n) is 1.78. The summed E-state index contributed by atoms with van der Waals surface area (Å²) in [6.45, 7) is 3.34. The van der Waals surface area contributed by atoms with Gasteiger partial charge in [0.25, 0.3) is 0 Å². The zero-order valence-electron chi connectivity index (χ0n) is 6.22. The zero-order chi connectivity index (χ0) is 7.82. The molecule has 10 heavy (non-hydrogen) atoms. The van der Waals surface area contributed by atoms with Gasteiger partial charge in [0, 0.05) is 13.2 Å². The number of nitrogens with one attached hydrogen (secondary N) is 1. The van der Waals surface area contributed by atoms with E-state index in [2.05, 4.69) is 14.6 Å². The number of carbonyl (C=O) groups excluding carboxylic acids is 1. The highest BCUT2D eigenvalue weighted by Gasteiger charge is 1.96. The van der Waals surface area contributed by atoms with Gasteiger partial charge in [0.2, 0.25) is 5.91 Å². The molecule has 3 nitrogen and oxygen atoms in total. The molecule has 0 fully saturated rings. The van der Waals surface area contributed by atoms with E-state index in [0.29, 0.717) is 13.2 Å². The predicted molar refractivity (Wildman–Crippen MR) is 44.1 cm³/mol. The summed E-state index contributed by atoms with van der Waals surface area (Å²) in [6.07, 6.45) is 0.887. The van der Waals surface area contributed by atoms with Crippen LogP contribution in [0.3, 0.4) is 0 Å². The Hall–Kier alpha value is -0.140. The standard InChI is InChI=1S/C6H14NO2P/c1-2-9-5-6(8)7-3-4-10/h2-5,10H2,1H3,(H,7,8). The van der Waals surface area contributed by atoms with Crippen molar-refractivity contribution >= 4 is 15.1 Å². The van der Waals surface area contributed by atoms with Crippen molar-refractivity contribution in [2.75, 3.05) is 25.9 Å². The first-order valence-electron chi connectivity index (χ1n) is 3.35. The van der Waals surface area contributed by atoms with E-state index in [1.165, 1.54) is 0 Å². The molecule has 0 aromatic carbocycles. The number of carbonyl (C=O) groups is 1. The lowest BCUT2D eigenvalue weighted by Crippen LogP contribution is -2.29. The lowest BCUT2D eigenvalue weighted by molar-refractivity contribution is -0.125. The van der Waals surface area contributed by atoms with Crippen molar-refractivity contribution in [1.82, 2.24) is 5.32 Å². The van der Waals surface area contributed by atoms with Gasteiger partial charge < -0.3 is 10.1 Å². The maximum absolute atomic E-state index is 10.7. The Morgan fingerprint density at radius 2 is 2.40 bits per heavy atom. The minimum Gasteiger partial charge on any atom is -0.372 e. The van der Waals surface area contributed by atoms with Crippen LogP contribution in [0.4, 0.5) is 0 Å². The average Bonchev–Trinajstić information content (AvgIpc) is 1.97. The molecule has 0 saturated heterocycles. The summed E-state index contributed by atoms with van der Waals surface area (Å²) in [4.78, 5) is 10.7. The van der Waals surface area contributed by atoms with E-state index >= 15 is 0 Å². The second-order valence-corrected chi connectivity index (χ2v) is 2.35. The molecule has 0 aromatic rings. The largest absolute Gasteiger partial charge is 0.372 e. The van der Waals surface area contributed by atoms with E-state index in [1.807, 2.05) is 6.92 Å². The Morgan fingerprint density at radius 1 is 1.70 bits per heavy atom. The van der Waals surface area contributed by atoms with Crippen LogP contribution in [0.25, 0.3) is 0 Å². The van der Waals surface area contributed by atoms with Crippen LogP contribution in [0.2, 0.25) is 0 Å². The molecule has 0 heterocycles. The lowest BCUT2D eigenvalue weighted by Gasteiger charge is -2.01. The first-order chi connectivity index (χ1) is 4.81. The topological polar surface area (TPSA) is 38.3 Å². The lowest BCUT2D eigenvalue weighted by atomic mass is 10.6. The van der Waals surface area contributed by atoms with Crippen LogP contribution in [-0.2, 0) is 9.53 Å². The van der Waals surface area contributed by atoms with Crippen molar-refractivity contribution in [3.8, 4) is 0 Å². The highest BCUT2D eigenvalue weighted by molar-refractivity contribution is 7.16. The van der Waals surface area contributed by atoms with Crippen molar-refractivity contribution in [2.45, 2.75) is 6.92 Å². The zero-order valence-corrected chi connectivity index (χ0v) is 7.38. The van der Waals surface area contributed by atoms with Gasteiger partial charge in [-0.3, -0.25) is 4.79 Å². The number of hydrogen-bond acceptors (Lipinski definition) is 2. The molecule has 1 atom stereocenters. The normalized spacial score (nSPS) is 9.40. The molecule has 0 aliphatic rings. The van der Waals surface area contributed by atoms with E-state index in [4.69, 9.17) is 4.74 Å². The fourth-order valence-electron chi connectivity index (χ4n) is 0.457. The molecular weight excluding hydrogens is 149 g/mol. The second kappa shape index (κ2) is 6.97. The van der Waals surface area contributed by atoms with Crippen LogP contribution in [0.1, 0.15) is 6.92 Å². The molecule has 0 aliphatic heterocycles. The molecule has 0 bridgehead atoms. The molecule has 60 valence electrons. The highest BCUT2D eigenvalue weighted by atomic mass is 31.0. The summed E-state index contributed by atoms with van der Waals surface area (Å²) in [5.41, 5.74) is 0. The average molecular weight is 163 g/mol. The Morgan fingerprint density at radius 3 is 2.90 bits per heavy atom. The summed E-state index contributed by atoms with van der Waals surface area (Å²) in [6, 6.07) is 0. The molecule has 0 rings (SSSR count). The Labute approximate surface area is 63.7 Å². The first kappa shape index (κ1) is 9.86. The van der Waals surface area contributed by atoms with Crippen LogP contribution in [-0.4, -0.2) is 31.8 Å².